The first-order valence-corrected chi connectivity index (χ1v) is 4.77. The number of hydrogen-bond acceptors (Lipinski definition) is 2. The summed E-state index contributed by atoms with van der Waals surface area (Å²) in [4.78, 5) is 5.53. The van der Waals surface area contributed by atoms with Crippen LogP contribution in [0.3, 0.4) is 0 Å². The highest BCUT2D eigenvalue weighted by molar-refractivity contribution is 4.93. The average Bonchev–Trinajstić information content (AvgIpc) is 2.38. The maximum absolute atomic E-state index is 5.53. The first kappa shape index (κ1) is 8.27. The second-order valence-electron chi connectivity index (χ2n) is 3.67. The van der Waals surface area contributed by atoms with Crippen molar-refractivity contribution in [2.24, 2.45) is 5.92 Å². The van der Waals surface area contributed by atoms with Crippen molar-refractivity contribution in [2.75, 3.05) is 6.61 Å². The van der Waals surface area contributed by atoms with Crippen LogP contribution in [0.5, 0.6) is 0 Å². The summed E-state index contributed by atoms with van der Waals surface area (Å²) >= 11 is 0. The average molecular weight is 166 g/mol. The van der Waals surface area contributed by atoms with Gasteiger partial charge in [-0.05, 0) is 25.2 Å². The van der Waals surface area contributed by atoms with Crippen molar-refractivity contribution < 1.29 is 4.84 Å². The van der Waals surface area contributed by atoms with Gasteiger partial charge in [0.05, 0.1) is 13.2 Å². The molecule has 2 atom stereocenters. The molecular weight excluding hydrogens is 150 g/mol. The van der Waals surface area contributed by atoms with E-state index in [1.807, 2.05) is 0 Å². The molecule has 67 valence electrons. The van der Waals surface area contributed by atoms with Gasteiger partial charge >= 0.3 is 0 Å². The zero-order valence-electron chi connectivity index (χ0n) is 7.41. The van der Waals surface area contributed by atoms with Crippen molar-refractivity contribution in [1.29, 1.82) is 0 Å². The molecule has 2 unspecified atom stereocenters. The fourth-order valence-corrected chi connectivity index (χ4v) is 2.18. The quantitative estimate of drug-likeness (QED) is 0.595. The molecule has 2 bridgehead atoms. The smallest absolute Gasteiger partial charge is 0.0864 e. The zero-order chi connectivity index (χ0) is 8.39. The van der Waals surface area contributed by atoms with Gasteiger partial charge in [0.2, 0.25) is 0 Å². The zero-order valence-corrected chi connectivity index (χ0v) is 7.41. The molecule has 1 saturated heterocycles. The summed E-state index contributed by atoms with van der Waals surface area (Å²) in [5, 5.41) is 2.05. The number of hydroxylamine groups is 2. The fourth-order valence-electron chi connectivity index (χ4n) is 2.18. The number of rotatable bonds is 3. The predicted molar refractivity (Wildman–Crippen MR) is 48.0 cm³/mol. The lowest BCUT2D eigenvalue weighted by Crippen LogP contribution is -2.27. The van der Waals surface area contributed by atoms with Crippen molar-refractivity contribution in [3.05, 3.63) is 19.2 Å². The fraction of sp³-hybridized carbons (Fsp3) is 0.700. The van der Waals surface area contributed by atoms with Gasteiger partial charge in [-0.3, -0.25) is 4.84 Å². The van der Waals surface area contributed by atoms with Gasteiger partial charge in [-0.2, -0.15) is 5.06 Å². The van der Waals surface area contributed by atoms with Crippen LogP contribution < -0.4 is 0 Å². The molecule has 0 amide bonds. The SMILES string of the molecule is C=CCON1[CH]C2CCCC1C2. The van der Waals surface area contributed by atoms with E-state index in [-0.39, 0.29) is 0 Å². The molecule has 0 N–H and O–H groups in total. The minimum Gasteiger partial charge on any atom is -0.294 e. The highest BCUT2D eigenvalue weighted by Crippen LogP contribution is 2.37. The van der Waals surface area contributed by atoms with E-state index >= 15 is 0 Å². The van der Waals surface area contributed by atoms with Crippen molar-refractivity contribution >= 4 is 0 Å². The van der Waals surface area contributed by atoms with Gasteiger partial charge in [0.15, 0.2) is 0 Å². The Balaban J connectivity index is 1.86. The Morgan fingerprint density at radius 3 is 3.25 bits per heavy atom. The van der Waals surface area contributed by atoms with E-state index in [9.17, 15) is 0 Å². The Kier molecular flexibility index (Phi) is 2.47. The molecule has 1 radical (unpaired) electrons. The van der Waals surface area contributed by atoms with Gasteiger partial charge in [-0.25, -0.2) is 0 Å². The topological polar surface area (TPSA) is 12.5 Å². The van der Waals surface area contributed by atoms with Gasteiger partial charge in [0.1, 0.15) is 0 Å². The van der Waals surface area contributed by atoms with Gasteiger partial charge < -0.3 is 0 Å². The minimum atomic E-state index is 0.639. The summed E-state index contributed by atoms with van der Waals surface area (Å²) in [5.41, 5.74) is 0. The maximum atomic E-state index is 5.53. The Labute approximate surface area is 74.1 Å². The van der Waals surface area contributed by atoms with E-state index in [0.717, 1.165) is 5.92 Å². The molecule has 0 aromatic heterocycles. The Morgan fingerprint density at radius 2 is 2.50 bits per heavy atom. The van der Waals surface area contributed by atoms with E-state index < -0.39 is 0 Å². The maximum Gasteiger partial charge on any atom is 0.0864 e. The molecule has 1 saturated carbocycles. The van der Waals surface area contributed by atoms with Crippen LogP contribution >= 0.6 is 0 Å². The largest absolute Gasteiger partial charge is 0.294 e. The van der Waals surface area contributed by atoms with Gasteiger partial charge in [-0.15, -0.1) is 6.58 Å². The summed E-state index contributed by atoms with van der Waals surface area (Å²) < 4.78 is 0. The van der Waals surface area contributed by atoms with E-state index in [0.29, 0.717) is 12.6 Å². The van der Waals surface area contributed by atoms with Crippen molar-refractivity contribution in [3.63, 3.8) is 0 Å². The molecule has 0 spiro atoms. The van der Waals surface area contributed by atoms with Crippen molar-refractivity contribution in [1.82, 2.24) is 5.06 Å². The molecule has 0 aromatic rings. The molecule has 2 rings (SSSR count). The van der Waals surface area contributed by atoms with Gasteiger partial charge in [0, 0.05) is 6.04 Å². The summed E-state index contributed by atoms with van der Waals surface area (Å²) in [6.45, 7) is 6.53. The second-order valence-corrected chi connectivity index (χ2v) is 3.67. The molecular formula is C10H16NO. The highest BCUT2D eigenvalue weighted by Gasteiger charge is 2.36. The number of nitrogens with zero attached hydrogens (tertiary/aromatic N) is 1. The summed E-state index contributed by atoms with van der Waals surface area (Å²) in [5.74, 6) is 0.786. The molecule has 0 aromatic carbocycles. The first-order chi connectivity index (χ1) is 5.90. The Morgan fingerprint density at radius 1 is 1.58 bits per heavy atom. The third-order valence-electron chi connectivity index (χ3n) is 2.75. The molecule has 2 aliphatic rings. The van der Waals surface area contributed by atoms with Crippen LogP contribution in [0.1, 0.15) is 25.7 Å². The van der Waals surface area contributed by atoms with Crippen LogP contribution in [0.15, 0.2) is 12.7 Å². The highest BCUT2D eigenvalue weighted by atomic mass is 16.7. The minimum absolute atomic E-state index is 0.639. The normalized spacial score (nSPS) is 35.3. The molecule has 2 fully saturated rings. The Hall–Kier alpha value is -0.340. The van der Waals surface area contributed by atoms with Crippen molar-refractivity contribution in [2.45, 2.75) is 31.7 Å². The van der Waals surface area contributed by atoms with E-state index in [1.54, 1.807) is 6.08 Å². The van der Waals surface area contributed by atoms with Gasteiger partial charge in [-0.1, -0.05) is 12.5 Å². The molecule has 2 heteroatoms. The van der Waals surface area contributed by atoms with Crippen LogP contribution in [0.2, 0.25) is 0 Å². The van der Waals surface area contributed by atoms with Crippen LogP contribution in [0.4, 0.5) is 0 Å². The van der Waals surface area contributed by atoms with E-state index in [2.05, 4.69) is 18.2 Å². The molecule has 1 aliphatic heterocycles. The third-order valence-corrected chi connectivity index (χ3v) is 2.75. The number of hydrogen-bond donors (Lipinski definition) is 0. The molecule has 12 heavy (non-hydrogen) atoms. The molecule has 2 nitrogen and oxygen atoms in total. The standard InChI is InChI=1S/C10H16NO/c1-2-6-12-11-8-9-4-3-5-10(11)7-9/h2,8-10H,1,3-7H2. The molecule has 1 heterocycles. The second kappa shape index (κ2) is 3.58. The lowest BCUT2D eigenvalue weighted by molar-refractivity contribution is -0.139. The van der Waals surface area contributed by atoms with Crippen LogP contribution in [-0.4, -0.2) is 17.7 Å². The monoisotopic (exact) mass is 166 g/mol. The van der Waals surface area contributed by atoms with Crippen LogP contribution in [-0.2, 0) is 4.84 Å². The summed E-state index contributed by atoms with van der Waals surface area (Å²) in [7, 11) is 0. The molecule has 1 aliphatic carbocycles. The van der Waals surface area contributed by atoms with Gasteiger partial charge in [0.25, 0.3) is 0 Å². The first-order valence-electron chi connectivity index (χ1n) is 4.77. The van der Waals surface area contributed by atoms with Crippen molar-refractivity contribution in [3.8, 4) is 0 Å². The lowest BCUT2D eigenvalue weighted by atomic mass is 9.91. The van der Waals surface area contributed by atoms with Crippen LogP contribution in [0, 0.1) is 12.5 Å². The van der Waals surface area contributed by atoms with E-state index in [4.69, 9.17) is 4.84 Å². The summed E-state index contributed by atoms with van der Waals surface area (Å²) in [6, 6.07) is 0.656. The third kappa shape index (κ3) is 1.54. The predicted octanol–water partition coefficient (Wildman–Crippen LogP) is 2.14. The number of fused-ring (bicyclic) bond motifs is 2. The summed E-state index contributed by atoms with van der Waals surface area (Å²) in [6.07, 6.45) is 7.11. The van der Waals surface area contributed by atoms with Crippen LogP contribution in [0.25, 0.3) is 0 Å². The Bertz CT molecular complexity index is 169. The lowest BCUT2D eigenvalue weighted by Gasteiger charge is -2.22. The van der Waals surface area contributed by atoms with E-state index in [1.165, 1.54) is 25.7 Å².